The van der Waals surface area contributed by atoms with Gasteiger partial charge in [-0.1, -0.05) is 29.4 Å². The number of ketones is 1. The highest BCUT2D eigenvalue weighted by atomic mass is 16.6. The van der Waals surface area contributed by atoms with E-state index in [1.807, 2.05) is 38.1 Å². The van der Waals surface area contributed by atoms with Gasteiger partial charge in [0.25, 0.3) is 0 Å². The first-order valence-electron chi connectivity index (χ1n) is 6.81. The van der Waals surface area contributed by atoms with E-state index in [-0.39, 0.29) is 17.9 Å². The summed E-state index contributed by atoms with van der Waals surface area (Å²) in [7, 11) is 1.40. The first kappa shape index (κ1) is 13.8. The van der Waals surface area contributed by atoms with E-state index in [1.165, 1.54) is 7.11 Å². The van der Waals surface area contributed by atoms with Crippen molar-refractivity contribution in [1.82, 2.24) is 0 Å². The third kappa shape index (κ3) is 2.05. The molecule has 5 heteroatoms. The number of nitrogens with zero attached hydrogens (tertiary/aromatic N) is 1. The van der Waals surface area contributed by atoms with Gasteiger partial charge >= 0.3 is 0 Å². The second-order valence-electron chi connectivity index (χ2n) is 5.73. The van der Waals surface area contributed by atoms with Crippen LogP contribution in [0, 0.1) is 0 Å². The molecule has 2 aliphatic rings. The molecule has 0 saturated carbocycles. The molecule has 1 unspecified atom stereocenters. The number of carbonyl (C=O) groups excluding carboxylic acids is 1. The Bertz CT molecular complexity index is 673. The summed E-state index contributed by atoms with van der Waals surface area (Å²) in [4.78, 5) is 17.4. The van der Waals surface area contributed by atoms with Crippen LogP contribution < -0.4 is 0 Å². The van der Waals surface area contributed by atoms with Gasteiger partial charge in [-0.2, -0.15) is 0 Å². The van der Waals surface area contributed by atoms with Gasteiger partial charge in [0.2, 0.25) is 5.78 Å². The van der Waals surface area contributed by atoms with Crippen molar-refractivity contribution in [3.63, 3.8) is 0 Å². The summed E-state index contributed by atoms with van der Waals surface area (Å²) in [6, 6.07) is 7.42. The van der Waals surface area contributed by atoms with Gasteiger partial charge in [0, 0.05) is 23.1 Å². The minimum Gasteiger partial charge on any atom is -0.484 e. The van der Waals surface area contributed by atoms with E-state index in [1.54, 1.807) is 0 Å². The summed E-state index contributed by atoms with van der Waals surface area (Å²) in [6.07, 6.45) is -0.493. The van der Waals surface area contributed by atoms with Gasteiger partial charge in [-0.3, -0.25) is 4.79 Å². The van der Waals surface area contributed by atoms with Crippen molar-refractivity contribution in [2.75, 3.05) is 7.11 Å². The van der Waals surface area contributed by atoms with E-state index in [0.29, 0.717) is 16.9 Å². The van der Waals surface area contributed by atoms with Crippen molar-refractivity contribution in [2.24, 2.45) is 5.16 Å². The van der Waals surface area contributed by atoms with E-state index in [9.17, 15) is 9.90 Å². The van der Waals surface area contributed by atoms with Crippen LogP contribution in [-0.2, 0) is 14.4 Å². The average molecular weight is 287 g/mol. The minimum atomic E-state index is -0.741. The van der Waals surface area contributed by atoms with Gasteiger partial charge in [0.1, 0.15) is 18.5 Å². The molecular formula is C16H17NO4. The number of Topliss-reactive ketones (excluding diaryl/α,β-unsaturated/α-hetero) is 1. The zero-order chi connectivity index (χ0) is 15.2. The lowest BCUT2D eigenvalue weighted by atomic mass is 9.81. The van der Waals surface area contributed by atoms with Gasteiger partial charge in [0.15, 0.2) is 5.71 Å². The standard InChI is InChI=1S/C16H17NO4/c1-16(2)12(18)8-11-14(19)13(17-20-3)9-6-4-5-7-10(9)15(11)21-16/h4-7,12,18H,8H2,1-3H3/b17-13-. The predicted octanol–water partition coefficient (Wildman–Crippen LogP) is 1.89. The van der Waals surface area contributed by atoms with Crippen LogP contribution in [-0.4, -0.2) is 35.4 Å². The van der Waals surface area contributed by atoms with Crippen LogP contribution in [0.4, 0.5) is 0 Å². The monoisotopic (exact) mass is 287 g/mol. The Kier molecular flexibility index (Phi) is 3.10. The normalized spacial score (nSPS) is 25.2. The molecule has 0 amide bonds. The number of aliphatic hydroxyl groups excluding tert-OH is 1. The van der Waals surface area contributed by atoms with Gasteiger partial charge in [-0.05, 0) is 13.8 Å². The first-order chi connectivity index (χ1) is 9.95. The number of ether oxygens (including phenoxy) is 1. The molecule has 1 atom stereocenters. The maximum Gasteiger partial charge on any atom is 0.215 e. The fourth-order valence-electron chi connectivity index (χ4n) is 2.67. The Morgan fingerprint density at radius 3 is 2.67 bits per heavy atom. The number of hydrogen-bond acceptors (Lipinski definition) is 5. The number of rotatable bonds is 1. The third-order valence-corrected chi connectivity index (χ3v) is 3.94. The van der Waals surface area contributed by atoms with Crippen molar-refractivity contribution in [3.05, 3.63) is 41.0 Å². The van der Waals surface area contributed by atoms with E-state index < -0.39 is 11.7 Å². The molecule has 1 N–H and O–H groups in total. The Balaban J connectivity index is 2.22. The lowest BCUT2D eigenvalue weighted by Gasteiger charge is -2.40. The summed E-state index contributed by atoms with van der Waals surface area (Å²) in [5, 5.41) is 14.0. The van der Waals surface area contributed by atoms with Crippen LogP contribution in [0.1, 0.15) is 31.4 Å². The largest absolute Gasteiger partial charge is 0.484 e. The van der Waals surface area contributed by atoms with Crippen molar-refractivity contribution < 1.29 is 19.5 Å². The lowest BCUT2D eigenvalue weighted by Crippen LogP contribution is -2.45. The number of fused-ring (bicyclic) bond motifs is 2. The van der Waals surface area contributed by atoms with Crippen LogP contribution in [0.5, 0.6) is 0 Å². The average Bonchev–Trinajstić information content (AvgIpc) is 2.45. The number of benzene rings is 1. The Labute approximate surface area is 122 Å². The molecular weight excluding hydrogens is 270 g/mol. The number of aliphatic hydroxyl groups is 1. The maximum absolute atomic E-state index is 12.6. The summed E-state index contributed by atoms with van der Waals surface area (Å²) in [5.74, 6) is 0.293. The summed E-state index contributed by atoms with van der Waals surface area (Å²) in [6.45, 7) is 3.63. The Morgan fingerprint density at radius 2 is 2.00 bits per heavy atom. The molecule has 0 bridgehead atoms. The lowest BCUT2D eigenvalue weighted by molar-refractivity contribution is -0.112. The molecule has 1 aliphatic heterocycles. The molecule has 0 aromatic heterocycles. The maximum atomic E-state index is 12.6. The third-order valence-electron chi connectivity index (χ3n) is 3.94. The fourth-order valence-corrected chi connectivity index (χ4v) is 2.67. The smallest absolute Gasteiger partial charge is 0.215 e. The van der Waals surface area contributed by atoms with E-state index in [0.717, 1.165) is 5.56 Å². The van der Waals surface area contributed by atoms with Crippen LogP contribution in [0.25, 0.3) is 5.76 Å². The predicted molar refractivity (Wildman–Crippen MR) is 77.7 cm³/mol. The van der Waals surface area contributed by atoms with Crippen molar-refractivity contribution >= 4 is 17.3 Å². The molecule has 0 saturated heterocycles. The van der Waals surface area contributed by atoms with Gasteiger partial charge < -0.3 is 14.7 Å². The van der Waals surface area contributed by atoms with Gasteiger partial charge in [0.05, 0.1) is 6.10 Å². The zero-order valence-electron chi connectivity index (χ0n) is 12.2. The highest BCUT2D eigenvalue weighted by Crippen LogP contribution is 2.41. The highest BCUT2D eigenvalue weighted by Gasteiger charge is 2.43. The Hall–Kier alpha value is -2.14. The molecule has 0 radical (unpaired) electrons. The molecule has 3 rings (SSSR count). The molecule has 0 fully saturated rings. The second-order valence-corrected chi connectivity index (χ2v) is 5.73. The first-order valence-corrected chi connectivity index (χ1v) is 6.81. The Morgan fingerprint density at radius 1 is 1.33 bits per heavy atom. The molecule has 1 aromatic rings. The molecule has 21 heavy (non-hydrogen) atoms. The van der Waals surface area contributed by atoms with Gasteiger partial charge in [-0.15, -0.1) is 0 Å². The van der Waals surface area contributed by atoms with E-state index in [2.05, 4.69) is 5.16 Å². The summed E-state index contributed by atoms with van der Waals surface area (Å²) in [5.41, 5.74) is 1.47. The zero-order valence-corrected chi connectivity index (χ0v) is 12.2. The van der Waals surface area contributed by atoms with Crippen molar-refractivity contribution in [1.29, 1.82) is 0 Å². The van der Waals surface area contributed by atoms with Crippen molar-refractivity contribution in [3.8, 4) is 0 Å². The fraction of sp³-hybridized carbons (Fsp3) is 0.375. The molecule has 0 spiro atoms. The van der Waals surface area contributed by atoms with Crippen LogP contribution >= 0.6 is 0 Å². The van der Waals surface area contributed by atoms with Crippen LogP contribution in [0.3, 0.4) is 0 Å². The highest BCUT2D eigenvalue weighted by molar-refractivity contribution is 6.54. The second kappa shape index (κ2) is 4.70. The molecule has 1 heterocycles. The molecule has 1 aromatic carbocycles. The van der Waals surface area contributed by atoms with E-state index in [4.69, 9.17) is 9.57 Å². The summed E-state index contributed by atoms with van der Waals surface area (Å²) >= 11 is 0. The van der Waals surface area contributed by atoms with Crippen LogP contribution in [0.15, 0.2) is 35.0 Å². The number of oxime groups is 1. The minimum absolute atomic E-state index is 0.248. The molecule has 5 nitrogen and oxygen atoms in total. The van der Waals surface area contributed by atoms with Crippen molar-refractivity contribution in [2.45, 2.75) is 32.0 Å². The molecule has 110 valence electrons. The van der Waals surface area contributed by atoms with E-state index >= 15 is 0 Å². The van der Waals surface area contributed by atoms with Crippen LogP contribution in [0.2, 0.25) is 0 Å². The summed E-state index contributed by atoms with van der Waals surface area (Å²) < 4.78 is 5.93. The SMILES string of the molecule is CO/N=C1\C(=O)C2=C(OC(C)(C)C(O)C2)c2ccccc21. The molecule has 1 aliphatic carbocycles. The number of hydrogen-bond donors (Lipinski definition) is 1. The number of carbonyl (C=O) groups is 1. The van der Waals surface area contributed by atoms with Gasteiger partial charge in [-0.25, -0.2) is 0 Å². The quantitative estimate of drug-likeness (QED) is 0.801. The topological polar surface area (TPSA) is 68.1 Å².